The van der Waals surface area contributed by atoms with Gasteiger partial charge >= 0.3 is 0 Å². The Kier molecular flexibility index (Phi) is 5.70. The summed E-state index contributed by atoms with van der Waals surface area (Å²) in [5.41, 5.74) is 1.84. The molecule has 1 N–H and O–H groups in total. The Bertz CT molecular complexity index is 1300. The van der Waals surface area contributed by atoms with E-state index in [1.165, 1.54) is 16.8 Å². The molecule has 4 aromatic rings. The zero-order valence-electron chi connectivity index (χ0n) is 17.6. The van der Waals surface area contributed by atoms with Gasteiger partial charge in [-0.25, -0.2) is 14.1 Å². The van der Waals surface area contributed by atoms with Gasteiger partial charge in [0, 0.05) is 24.8 Å². The predicted molar refractivity (Wildman–Crippen MR) is 117 cm³/mol. The first kappa shape index (κ1) is 21.0. The number of Topliss-reactive ketones (excluding diaryl/α,β-unsaturated/α-hetero) is 1. The Balaban J connectivity index is 1.49. The fourth-order valence-electron chi connectivity index (χ4n) is 3.70. The first-order valence-corrected chi connectivity index (χ1v) is 10.6. The lowest BCUT2D eigenvalue weighted by atomic mass is 9.85. The summed E-state index contributed by atoms with van der Waals surface area (Å²) < 4.78 is 27.3. The zero-order valence-corrected chi connectivity index (χ0v) is 17.6. The van der Waals surface area contributed by atoms with Crippen molar-refractivity contribution >= 4 is 16.8 Å². The standard InChI is InChI=1S/C24H21FN4O4/c25-17-6-7-20(21(10-17)32-14-16-8-18(31)9-16)29-23-19(11-26-29)24(28-22(12-30)27-23)33-13-15-4-2-1-3-5-15/h1-7,10-11,16,30H,8-9,12-14H2. The molecule has 1 fully saturated rings. The highest BCUT2D eigenvalue weighted by Gasteiger charge is 2.27. The van der Waals surface area contributed by atoms with Crippen molar-refractivity contribution in [2.45, 2.75) is 26.1 Å². The second kappa shape index (κ2) is 8.95. The van der Waals surface area contributed by atoms with Crippen LogP contribution in [0.4, 0.5) is 4.39 Å². The number of aromatic nitrogens is 4. The molecule has 2 aromatic carbocycles. The van der Waals surface area contributed by atoms with Gasteiger partial charge in [0.15, 0.2) is 11.5 Å². The summed E-state index contributed by atoms with van der Waals surface area (Å²) in [7, 11) is 0. The Labute approximate surface area is 188 Å². The van der Waals surface area contributed by atoms with E-state index in [-0.39, 0.29) is 42.4 Å². The Hall–Kier alpha value is -3.85. The first-order valence-electron chi connectivity index (χ1n) is 10.6. The monoisotopic (exact) mass is 448 g/mol. The number of benzene rings is 2. The smallest absolute Gasteiger partial charge is 0.228 e. The molecule has 1 saturated carbocycles. The number of aliphatic hydroxyl groups is 1. The number of hydrogen-bond acceptors (Lipinski definition) is 7. The predicted octanol–water partition coefficient (Wildman–Crippen LogP) is 3.38. The molecule has 9 heteroatoms. The third-order valence-corrected chi connectivity index (χ3v) is 5.46. The van der Waals surface area contributed by atoms with Crippen LogP contribution in [0.3, 0.4) is 0 Å². The number of hydrogen-bond donors (Lipinski definition) is 1. The lowest BCUT2D eigenvalue weighted by Gasteiger charge is -2.24. The molecule has 5 rings (SSSR count). The van der Waals surface area contributed by atoms with Crippen LogP contribution in [0.5, 0.6) is 11.6 Å². The minimum Gasteiger partial charge on any atom is -0.491 e. The van der Waals surface area contributed by atoms with E-state index in [1.807, 2.05) is 30.3 Å². The van der Waals surface area contributed by atoms with Gasteiger partial charge in [0.2, 0.25) is 5.88 Å². The van der Waals surface area contributed by atoms with E-state index < -0.39 is 5.82 Å². The van der Waals surface area contributed by atoms with Gasteiger partial charge in [-0.15, -0.1) is 0 Å². The lowest BCUT2D eigenvalue weighted by molar-refractivity contribution is -0.127. The van der Waals surface area contributed by atoms with Gasteiger partial charge < -0.3 is 14.6 Å². The normalized spacial score (nSPS) is 13.8. The Morgan fingerprint density at radius 2 is 1.91 bits per heavy atom. The van der Waals surface area contributed by atoms with Gasteiger partial charge in [0.25, 0.3) is 0 Å². The van der Waals surface area contributed by atoms with Gasteiger partial charge in [-0.05, 0) is 17.7 Å². The summed E-state index contributed by atoms with van der Waals surface area (Å²) in [5, 5.41) is 14.6. The van der Waals surface area contributed by atoms with E-state index in [1.54, 1.807) is 12.3 Å². The first-order chi connectivity index (χ1) is 16.1. The van der Waals surface area contributed by atoms with E-state index >= 15 is 0 Å². The molecule has 0 bridgehead atoms. The molecule has 1 aliphatic carbocycles. The van der Waals surface area contributed by atoms with Crippen molar-refractivity contribution in [2.24, 2.45) is 5.92 Å². The Morgan fingerprint density at radius 1 is 1.09 bits per heavy atom. The quantitative estimate of drug-likeness (QED) is 0.441. The number of ketones is 1. The molecular formula is C24H21FN4O4. The molecule has 0 aliphatic heterocycles. The van der Waals surface area contributed by atoms with E-state index in [0.717, 1.165) is 5.56 Å². The SMILES string of the molecule is O=C1CC(COc2cc(F)ccc2-n2ncc3c(OCc4ccccc4)nc(CO)nc32)C1. The average Bonchev–Trinajstić information content (AvgIpc) is 3.24. The van der Waals surface area contributed by atoms with E-state index in [4.69, 9.17) is 9.47 Å². The second-order valence-corrected chi connectivity index (χ2v) is 7.91. The molecule has 1 aliphatic rings. The van der Waals surface area contributed by atoms with Crippen molar-refractivity contribution in [3.05, 3.63) is 71.9 Å². The molecule has 2 heterocycles. The summed E-state index contributed by atoms with van der Waals surface area (Å²) >= 11 is 0. The van der Waals surface area contributed by atoms with Crippen LogP contribution in [0.15, 0.2) is 54.7 Å². The van der Waals surface area contributed by atoms with E-state index in [9.17, 15) is 14.3 Å². The summed E-state index contributed by atoms with van der Waals surface area (Å²) in [6.07, 6.45) is 2.52. The maximum atomic E-state index is 14.0. The van der Waals surface area contributed by atoms with Crippen LogP contribution >= 0.6 is 0 Å². The number of ether oxygens (including phenoxy) is 2. The van der Waals surface area contributed by atoms with Crippen molar-refractivity contribution < 1.29 is 23.8 Å². The third kappa shape index (κ3) is 4.40. The summed E-state index contributed by atoms with van der Waals surface area (Å²) in [5.74, 6) is 0.631. The third-order valence-electron chi connectivity index (χ3n) is 5.46. The van der Waals surface area contributed by atoms with Gasteiger partial charge in [-0.2, -0.15) is 10.1 Å². The highest BCUT2D eigenvalue weighted by Crippen LogP contribution is 2.31. The number of fused-ring (bicyclic) bond motifs is 1. The number of carbonyl (C=O) groups is 1. The van der Waals surface area contributed by atoms with Gasteiger partial charge in [0.1, 0.15) is 41.6 Å². The molecule has 33 heavy (non-hydrogen) atoms. The van der Waals surface area contributed by atoms with Crippen LogP contribution in [0.2, 0.25) is 0 Å². The number of rotatable bonds is 8. The topological polar surface area (TPSA) is 99.4 Å². The number of carbonyl (C=O) groups excluding carboxylic acids is 1. The molecule has 0 atom stereocenters. The highest BCUT2D eigenvalue weighted by atomic mass is 19.1. The Morgan fingerprint density at radius 3 is 2.67 bits per heavy atom. The van der Waals surface area contributed by atoms with Gasteiger partial charge in [-0.3, -0.25) is 4.79 Å². The fourth-order valence-corrected chi connectivity index (χ4v) is 3.70. The highest BCUT2D eigenvalue weighted by molar-refractivity contribution is 5.84. The molecule has 0 saturated heterocycles. The van der Waals surface area contributed by atoms with Gasteiger partial charge in [0.05, 0.1) is 12.8 Å². The number of nitrogens with zero attached hydrogens (tertiary/aromatic N) is 4. The van der Waals surface area contributed by atoms with Gasteiger partial charge in [-0.1, -0.05) is 30.3 Å². The zero-order chi connectivity index (χ0) is 22.8. The molecule has 0 radical (unpaired) electrons. The molecule has 168 valence electrons. The van der Waals surface area contributed by atoms with Crippen molar-refractivity contribution in [1.29, 1.82) is 0 Å². The number of halogens is 1. The van der Waals surface area contributed by atoms with Crippen LogP contribution in [0.1, 0.15) is 24.2 Å². The minimum atomic E-state index is -0.451. The maximum absolute atomic E-state index is 14.0. The van der Waals surface area contributed by atoms with E-state index in [2.05, 4.69) is 15.1 Å². The summed E-state index contributed by atoms with van der Waals surface area (Å²) in [4.78, 5) is 19.9. The molecule has 0 spiro atoms. The minimum absolute atomic E-state index is 0.129. The molecular weight excluding hydrogens is 427 g/mol. The lowest BCUT2D eigenvalue weighted by Crippen LogP contribution is -2.28. The van der Waals surface area contributed by atoms with Crippen LogP contribution in [0.25, 0.3) is 16.7 Å². The summed E-state index contributed by atoms with van der Waals surface area (Å²) in [6, 6.07) is 13.8. The molecule has 8 nitrogen and oxygen atoms in total. The second-order valence-electron chi connectivity index (χ2n) is 7.91. The van der Waals surface area contributed by atoms with Crippen molar-refractivity contribution in [3.8, 4) is 17.3 Å². The van der Waals surface area contributed by atoms with Crippen molar-refractivity contribution in [1.82, 2.24) is 19.7 Å². The van der Waals surface area contributed by atoms with Crippen molar-refractivity contribution in [2.75, 3.05) is 6.61 Å². The van der Waals surface area contributed by atoms with Crippen LogP contribution in [-0.2, 0) is 18.0 Å². The van der Waals surface area contributed by atoms with E-state index in [0.29, 0.717) is 36.2 Å². The van der Waals surface area contributed by atoms with Crippen LogP contribution < -0.4 is 9.47 Å². The van der Waals surface area contributed by atoms with Crippen molar-refractivity contribution in [3.63, 3.8) is 0 Å². The number of aliphatic hydroxyl groups excluding tert-OH is 1. The molecule has 0 amide bonds. The summed E-state index contributed by atoms with van der Waals surface area (Å²) in [6.45, 7) is 0.211. The largest absolute Gasteiger partial charge is 0.491 e. The van der Waals surface area contributed by atoms with Crippen LogP contribution in [0, 0.1) is 11.7 Å². The average molecular weight is 448 g/mol. The molecule has 2 aromatic heterocycles. The fraction of sp³-hybridized carbons (Fsp3) is 0.250. The van der Waals surface area contributed by atoms with Crippen LogP contribution in [-0.4, -0.2) is 37.2 Å². The maximum Gasteiger partial charge on any atom is 0.228 e. The molecule has 0 unspecified atom stereocenters.